The fourth-order valence-corrected chi connectivity index (χ4v) is 0.483. The Kier molecular flexibility index (Phi) is 31.4. The summed E-state index contributed by atoms with van der Waals surface area (Å²) in [5, 5.41) is 16.6. The van der Waals surface area contributed by atoms with E-state index >= 15 is 0 Å². The van der Waals surface area contributed by atoms with Gasteiger partial charge in [0.1, 0.15) is 0 Å². The first-order valence-electron chi connectivity index (χ1n) is 4.23. The average Bonchev–Trinajstić information content (AvgIpc) is 2.18. The molecule has 0 atom stereocenters. The molecule has 12 heteroatoms. The minimum absolute atomic E-state index is 0. The minimum atomic E-state index is -4.05. The Balaban J connectivity index is -0.0000000525. The van der Waals surface area contributed by atoms with Crippen LogP contribution in [0.25, 0.3) is 0 Å². The van der Waals surface area contributed by atoms with Gasteiger partial charge in [-0.05, 0) is 6.92 Å². The van der Waals surface area contributed by atoms with Crippen LogP contribution in [0.1, 0.15) is 6.92 Å². The zero-order valence-electron chi connectivity index (χ0n) is 10.8. The molecule has 0 unspecified atom stereocenters. The van der Waals surface area contributed by atoms with Crippen molar-refractivity contribution < 1.29 is 89.6 Å². The third-order valence-corrected chi connectivity index (χ3v) is 1.83. The maximum absolute atomic E-state index is 9.60. The standard InChI is InChI=1S/C4H11NO2.C2H7NO3S.CO2.K.H2O/c1-4(5,2-6)3-7;3-1-2-7(4,5)6;2-1-3;;/h6-7H,2-3,5H2,1H3;1-3H2,(H,4,5,6);;;1H2/q;;;+1;/p-1. The Morgan fingerprint density at radius 3 is 1.53 bits per heavy atom. The van der Waals surface area contributed by atoms with Crippen LogP contribution in [0, 0.1) is 0 Å². The van der Waals surface area contributed by atoms with Crippen molar-refractivity contribution in [2.75, 3.05) is 25.5 Å². The molecule has 19 heavy (non-hydrogen) atoms. The zero-order valence-corrected chi connectivity index (χ0v) is 14.8. The summed E-state index contributed by atoms with van der Waals surface area (Å²) in [5.74, 6) is -0.465. The molecule has 0 aliphatic rings. The summed E-state index contributed by atoms with van der Waals surface area (Å²) in [6, 6.07) is 0. The Morgan fingerprint density at radius 2 is 1.53 bits per heavy atom. The van der Waals surface area contributed by atoms with E-state index in [1.54, 1.807) is 6.92 Å². The maximum Gasteiger partial charge on any atom is 1.00 e. The molecular weight excluding hydrogens is 311 g/mol. The number of nitrogens with two attached hydrogens (primary N) is 2. The van der Waals surface area contributed by atoms with E-state index in [-0.39, 0.29) is 82.8 Å². The molecule has 0 fully saturated rings. The van der Waals surface area contributed by atoms with Gasteiger partial charge in [0.25, 0.3) is 0 Å². The second-order valence-corrected chi connectivity index (χ2v) is 4.63. The van der Waals surface area contributed by atoms with Gasteiger partial charge in [-0.2, -0.15) is 9.59 Å². The van der Waals surface area contributed by atoms with Crippen LogP contribution in [0.2, 0.25) is 0 Å². The quantitative estimate of drug-likeness (QED) is 0.284. The number of aliphatic hydroxyl groups excluding tert-OH is 2. The van der Waals surface area contributed by atoms with Crippen molar-refractivity contribution in [3.63, 3.8) is 0 Å². The summed E-state index contributed by atoms with van der Waals surface area (Å²) < 4.78 is 28.8. The van der Waals surface area contributed by atoms with Crippen molar-refractivity contribution in [3.05, 3.63) is 0 Å². The molecule has 8 N–H and O–H groups in total. The number of carbonyl (C=O) groups excluding carboxylic acids is 2. The zero-order chi connectivity index (χ0) is 14.5. The Hall–Kier alpha value is 0.726. The SMILES string of the molecule is CC(N)(CO)CO.NCCS(=O)(=O)[O-].O.O=C=O.[K+]. The number of aliphatic hydroxyl groups is 2. The Morgan fingerprint density at radius 1 is 1.26 bits per heavy atom. The van der Waals surface area contributed by atoms with Gasteiger partial charge in [0, 0.05) is 6.54 Å². The summed E-state index contributed by atoms with van der Waals surface area (Å²) in [5.41, 5.74) is 9.15. The van der Waals surface area contributed by atoms with Gasteiger partial charge in [-0.25, -0.2) is 8.42 Å². The molecule has 0 saturated carbocycles. The van der Waals surface area contributed by atoms with Crippen LogP contribution >= 0.6 is 0 Å². The molecule has 0 aliphatic heterocycles. The predicted octanol–water partition coefficient (Wildman–Crippen LogP) is -7.23. The van der Waals surface area contributed by atoms with Crippen LogP contribution < -0.4 is 62.9 Å². The van der Waals surface area contributed by atoms with Gasteiger partial charge in [-0.15, -0.1) is 0 Å². The van der Waals surface area contributed by atoms with Gasteiger partial charge < -0.3 is 31.7 Å². The van der Waals surface area contributed by atoms with Gasteiger partial charge in [-0.1, -0.05) is 0 Å². The fourth-order valence-electron chi connectivity index (χ4n) is 0.194. The normalized spacial score (nSPS) is 9.16. The summed E-state index contributed by atoms with van der Waals surface area (Å²) in [6.45, 7) is 1.13. The average molecular weight is 330 g/mol. The van der Waals surface area contributed by atoms with Crippen LogP contribution in [0.4, 0.5) is 0 Å². The van der Waals surface area contributed by atoms with Crippen molar-refractivity contribution in [1.82, 2.24) is 0 Å². The molecule has 0 spiro atoms. The van der Waals surface area contributed by atoms with Crippen molar-refractivity contribution in [1.29, 1.82) is 0 Å². The van der Waals surface area contributed by atoms with E-state index in [1.807, 2.05) is 0 Å². The van der Waals surface area contributed by atoms with E-state index < -0.39 is 21.4 Å². The molecule has 0 saturated heterocycles. The molecule has 0 aromatic rings. The third-order valence-electron chi connectivity index (χ3n) is 1.09. The Labute approximate surface area is 154 Å². The minimum Gasteiger partial charge on any atom is -0.748 e. The largest absolute Gasteiger partial charge is 1.00 e. The van der Waals surface area contributed by atoms with Crippen LogP contribution in [-0.4, -0.2) is 65.9 Å². The van der Waals surface area contributed by atoms with E-state index in [4.69, 9.17) is 31.3 Å². The molecule has 0 bridgehead atoms. The van der Waals surface area contributed by atoms with Crippen molar-refractivity contribution >= 4 is 16.3 Å². The van der Waals surface area contributed by atoms with Gasteiger partial charge in [0.05, 0.1) is 34.6 Å². The van der Waals surface area contributed by atoms with E-state index in [0.29, 0.717) is 0 Å². The monoisotopic (exact) mass is 330 g/mol. The second-order valence-electron chi connectivity index (χ2n) is 3.10. The molecule has 0 rings (SSSR count). The molecule has 0 amide bonds. The molecule has 10 nitrogen and oxygen atoms in total. The fraction of sp³-hybridized carbons (Fsp3) is 0.857. The van der Waals surface area contributed by atoms with Crippen LogP contribution in [0.3, 0.4) is 0 Å². The molecule has 0 heterocycles. The van der Waals surface area contributed by atoms with Crippen molar-refractivity contribution in [2.45, 2.75) is 12.5 Å². The van der Waals surface area contributed by atoms with Gasteiger partial charge in [-0.3, -0.25) is 0 Å². The smallest absolute Gasteiger partial charge is 0.748 e. The number of hydrogen-bond acceptors (Lipinski definition) is 9. The number of rotatable bonds is 4. The summed E-state index contributed by atoms with van der Waals surface area (Å²) in [6.07, 6.45) is 0.250. The van der Waals surface area contributed by atoms with Crippen molar-refractivity contribution in [2.24, 2.45) is 11.5 Å². The first-order valence-corrected chi connectivity index (χ1v) is 5.81. The van der Waals surface area contributed by atoms with Crippen LogP contribution in [0.15, 0.2) is 0 Å². The van der Waals surface area contributed by atoms with Crippen molar-refractivity contribution in [3.8, 4) is 0 Å². The molecule has 112 valence electrons. The predicted molar refractivity (Wildman–Crippen MR) is 59.0 cm³/mol. The first-order chi connectivity index (χ1) is 7.60. The summed E-state index contributed by atoms with van der Waals surface area (Å²) in [7, 11) is -4.05. The molecular formula is C7H19KN2O8S. The van der Waals surface area contributed by atoms with E-state index in [1.165, 1.54) is 0 Å². The molecule has 0 aliphatic carbocycles. The van der Waals surface area contributed by atoms with Gasteiger partial charge in [0.15, 0.2) is 0 Å². The molecule has 0 aromatic carbocycles. The second kappa shape index (κ2) is 18.7. The van der Waals surface area contributed by atoms with Gasteiger partial charge >= 0.3 is 57.5 Å². The van der Waals surface area contributed by atoms with Crippen LogP contribution in [-0.2, 0) is 19.7 Å². The molecule has 0 radical (unpaired) electrons. The summed E-state index contributed by atoms with van der Waals surface area (Å²) in [4.78, 5) is 16.2. The van der Waals surface area contributed by atoms with Crippen LogP contribution in [0.5, 0.6) is 0 Å². The topological polar surface area (TPSA) is 215 Å². The number of hydrogen-bond donors (Lipinski definition) is 4. The Bertz CT molecular complexity index is 296. The third kappa shape index (κ3) is 45.5. The molecule has 0 aromatic heterocycles. The van der Waals surface area contributed by atoms with Gasteiger partial charge in [0.2, 0.25) is 0 Å². The van der Waals surface area contributed by atoms with E-state index in [0.717, 1.165) is 0 Å². The summed E-state index contributed by atoms with van der Waals surface area (Å²) >= 11 is 0. The van der Waals surface area contributed by atoms with E-state index in [9.17, 15) is 13.0 Å². The first kappa shape index (κ1) is 31.9. The maximum atomic E-state index is 9.60. The van der Waals surface area contributed by atoms with E-state index in [2.05, 4.69) is 0 Å².